The van der Waals surface area contributed by atoms with Crippen molar-refractivity contribution in [3.8, 4) is 0 Å². The van der Waals surface area contributed by atoms with Crippen molar-refractivity contribution in [1.82, 2.24) is 4.90 Å². The topological polar surface area (TPSA) is 54.4 Å². The normalized spacial score (nSPS) is 28.8. The molecule has 1 aromatic rings. The Labute approximate surface area is 152 Å². The smallest absolute Gasteiger partial charge is 0.354 e. The SMILES string of the molecule is CCOC(=O)C1=NN(c2ccccc2F)[C@]2(N3CCOCC3)CCC[C@@H]12. The summed E-state index contributed by atoms with van der Waals surface area (Å²) in [5.74, 6) is -0.810. The Morgan fingerprint density at radius 2 is 2.15 bits per heavy atom. The number of carbonyl (C=O) groups is 1. The number of anilines is 1. The van der Waals surface area contributed by atoms with Gasteiger partial charge in [-0.15, -0.1) is 0 Å². The first kappa shape index (κ1) is 17.4. The van der Waals surface area contributed by atoms with Gasteiger partial charge in [0.15, 0.2) is 5.71 Å². The molecule has 0 bridgehead atoms. The van der Waals surface area contributed by atoms with Crippen LogP contribution in [0, 0.1) is 11.7 Å². The molecule has 6 nitrogen and oxygen atoms in total. The second-order valence-electron chi connectivity index (χ2n) is 6.89. The summed E-state index contributed by atoms with van der Waals surface area (Å²) in [7, 11) is 0. The minimum atomic E-state index is -0.520. The van der Waals surface area contributed by atoms with E-state index in [1.807, 2.05) is 0 Å². The summed E-state index contributed by atoms with van der Waals surface area (Å²) in [5, 5.41) is 6.37. The van der Waals surface area contributed by atoms with E-state index in [0.29, 0.717) is 31.2 Å². The predicted octanol–water partition coefficient (Wildman–Crippen LogP) is 2.39. The molecule has 1 aromatic carbocycles. The summed E-state index contributed by atoms with van der Waals surface area (Å²) in [5.41, 5.74) is 0.304. The number of halogens is 1. The monoisotopic (exact) mass is 361 g/mol. The highest BCUT2D eigenvalue weighted by molar-refractivity contribution is 6.38. The number of para-hydroxylation sites is 1. The van der Waals surface area contributed by atoms with Gasteiger partial charge in [0.25, 0.3) is 0 Å². The fourth-order valence-electron chi connectivity index (χ4n) is 4.58. The highest BCUT2D eigenvalue weighted by Gasteiger charge is 2.60. The largest absolute Gasteiger partial charge is 0.461 e. The average molecular weight is 361 g/mol. The molecule has 0 spiro atoms. The number of hydrogen-bond donors (Lipinski definition) is 0. The third-order valence-corrected chi connectivity index (χ3v) is 5.62. The first-order valence-electron chi connectivity index (χ1n) is 9.31. The maximum atomic E-state index is 14.6. The molecule has 140 valence electrons. The van der Waals surface area contributed by atoms with Crippen molar-refractivity contribution < 1.29 is 18.7 Å². The number of esters is 1. The lowest BCUT2D eigenvalue weighted by atomic mass is 9.89. The molecule has 0 N–H and O–H groups in total. The van der Waals surface area contributed by atoms with Gasteiger partial charge in [0.2, 0.25) is 0 Å². The first-order valence-corrected chi connectivity index (χ1v) is 9.31. The molecule has 2 fully saturated rings. The molecule has 2 atom stereocenters. The van der Waals surface area contributed by atoms with Crippen molar-refractivity contribution in [1.29, 1.82) is 0 Å². The van der Waals surface area contributed by atoms with Gasteiger partial charge in [0.1, 0.15) is 11.5 Å². The number of rotatable bonds is 4. The second-order valence-corrected chi connectivity index (χ2v) is 6.89. The van der Waals surface area contributed by atoms with Crippen LogP contribution in [0.5, 0.6) is 0 Å². The van der Waals surface area contributed by atoms with Crippen molar-refractivity contribution in [2.75, 3.05) is 37.9 Å². The molecule has 1 saturated heterocycles. The third kappa shape index (κ3) is 2.61. The van der Waals surface area contributed by atoms with Gasteiger partial charge in [-0.3, -0.25) is 4.90 Å². The van der Waals surface area contributed by atoms with Gasteiger partial charge in [0, 0.05) is 19.0 Å². The molecule has 0 radical (unpaired) electrons. The lowest BCUT2D eigenvalue weighted by molar-refractivity contribution is -0.135. The number of fused-ring (bicyclic) bond motifs is 1. The number of benzene rings is 1. The van der Waals surface area contributed by atoms with E-state index in [-0.39, 0.29) is 11.7 Å². The van der Waals surface area contributed by atoms with E-state index in [1.54, 1.807) is 30.1 Å². The summed E-state index contributed by atoms with van der Waals surface area (Å²) in [6, 6.07) is 6.63. The molecule has 3 aliphatic rings. The molecule has 1 saturated carbocycles. The molecule has 2 heterocycles. The third-order valence-electron chi connectivity index (χ3n) is 5.62. The Balaban J connectivity index is 1.81. The van der Waals surface area contributed by atoms with Crippen molar-refractivity contribution in [2.45, 2.75) is 31.8 Å². The predicted molar refractivity (Wildman–Crippen MR) is 95.4 cm³/mol. The van der Waals surface area contributed by atoms with Crippen LogP contribution in [0.4, 0.5) is 10.1 Å². The molecule has 4 rings (SSSR count). The van der Waals surface area contributed by atoms with Gasteiger partial charge in [-0.25, -0.2) is 14.2 Å². The molecular weight excluding hydrogens is 337 g/mol. The van der Waals surface area contributed by atoms with Crippen molar-refractivity contribution in [3.63, 3.8) is 0 Å². The van der Waals surface area contributed by atoms with Gasteiger partial charge in [-0.2, -0.15) is 5.10 Å². The van der Waals surface area contributed by atoms with E-state index in [0.717, 1.165) is 32.4 Å². The minimum absolute atomic E-state index is 0.0840. The number of morpholine rings is 1. The van der Waals surface area contributed by atoms with Crippen molar-refractivity contribution >= 4 is 17.4 Å². The molecule has 1 aliphatic carbocycles. The van der Waals surface area contributed by atoms with Crippen LogP contribution in [-0.2, 0) is 14.3 Å². The number of nitrogens with zero attached hydrogens (tertiary/aromatic N) is 3. The quantitative estimate of drug-likeness (QED) is 0.771. The highest BCUT2D eigenvalue weighted by Crippen LogP contribution is 2.50. The van der Waals surface area contributed by atoms with Crippen LogP contribution < -0.4 is 5.01 Å². The molecule has 26 heavy (non-hydrogen) atoms. The zero-order valence-electron chi connectivity index (χ0n) is 15.0. The summed E-state index contributed by atoms with van der Waals surface area (Å²) < 4.78 is 25.4. The molecule has 0 amide bonds. The maximum Gasteiger partial charge on any atom is 0.354 e. The van der Waals surface area contributed by atoms with E-state index in [2.05, 4.69) is 10.0 Å². The van der Waals surface area contributed by atoms with E-state index < -0.39 is 11.6 Å². The van der Waals surface area contributed by atoms with Crippen LogP contribution in [0.15, 0.2) is 29.4 Å². The minimum Gasteiger partial charge on any atom is -0.461 e. The Morgan fingerprint density at radius 1 is 1.38 bits per heavy atom. The second kappa shape index (κ2) is 6.96. The average Bonchev–Trinajstić information content (AvgIpc) is 3.22. The summed E-state index contributed by atoms with van der Waals surface area (Å²) in [6.07, 6.45) is 2.64. The van der Waals surface area contributed by atoms with Crippen molar-refractivity contribution in [3.05, 3.63) is 30.1 Å². The Kier molecular flexibility index (Phi) is 4.67. The molecule has 0 unspecified atom stereocenters. The standard InChI is InChI=1S/C19H24FN3O3/c1-2-26-18(24)17-14-6-5-9-19(14,22-10-12-25-13-11-22)23(21-17)16-8-4-3-7-15(16)20/h3-4,7-8,14H,2,5-6,9-13H2,1H3/t14-,19+/m0/s1. The van der Waals surface area contributed by atoms with Crippen LogP contribution in [-0.4, -0.2) is 55.2 Å². The highest BCUT2D eigenvalue weighted by atomic mass is 19.1. The number of carbonyl (C=O) groups excluding carboxylic acids is 1. The first-order chi connectivity index (χ1) is 12.7. The van der Waals surface area contributed by atoms with Crippen LogP contribution in [0.25, 0.3) is 0 Å². The van der Waals surface area contributed by atoms with E-state index >= 15 is 0 Å². The Morgan fingerprint density at radius 3 is 2.88 bits per heavy atom. The summed E-state index contributed by atoms with van der Waals surface area (Å²) in [6.45, 7) is 4.84. The number of ether oxygens (including phenoxy) is 2. The molecule has 2 aliphatic heterocycles. The number of hydrazone groups is 1. The van der Waals surface area contributed by atoms with Gasteiger partial charge >= 0.3 is 5.97 Å². The zero-order chi connectivity index (χ0) is 18.1. The van der Waals surface area contributed by atoms with Crippen LogP contribution >= 0.6 is 0 Å². The Hall–Kier alpha value is -1.99. The molecular formula is C19H24FN3O3. The maximum absolute atomic E-state index is 14.6. The number of hydrogen-bond acceptors (Lipinski definition) is 6. The van der Waals surface area contributed by atoms with Crippen LogP contribution in [0.3, 0.4) is 0 Å². The lowest BCUT2D eigenvalue weighted by Gasteiger charge is -2.48. The lowest BCUT2D eigenvalue weighted by Crippen LogP contribution is -2.62. The van der Waals surface area contributed by atoms with E-state index in [4.69, 9.17) is 9.47 Å². The summed E-state index contributed by atoms with van der Waals surface area (Å²) in [4.78, 5) is 14.9. The fraction of sp³-hybridized carbons (Fsp3) is 0.579. The van der Waals surface area contributed by atoms with Gasteiger partial charge in [-0.1, -0.05) is 12.1 Å². The van der Waals surface area contributed by atoms with Gasteiger partial charge in [-0.05, 0) is 38.3 Å². The molecule has 0 aromatic heterocycles. The summed E-state index contributed by atoms with van der Waals surface area (Å²) >= 11 is 0. The zero-order valence-corrected chi connectivity index (χ0v) is 15.0. The van der Waals surface area contributed by atoms with Crippen LogP contribution in [0.2, 0.25) is 0 Å². The van der Waals surface area contributed by atoms with E-state index in [1.165, 1.54) is 6.07 Å². The van der Waals surface area contributed by atoms with Crippen LogP contribution in [0.1, 0.15) is 26.2 Å². The van der Waals surface area contributed by atoms with E-state index in [9.17, 15) is 9.18 Å². The fourth-order valence-corrected chi connectivity index (χ4v) is 4.58. The molecule has 7 heteroatoms. The Bertz CT molecular complexity index is 720. The van der Waals surface area contributed by atoms with Crippen molar-refractivity contribution in [2.24, 2.45) is 11.0 Å². The van der Waals surface area contributed by atoms with Gasteiger partial charge < -0.3 is 9.47 Å². The van der Waals surface area contributed by atoms with Gasteiger partial charge in [0.05, 0.1) is 25.5 Å².